The van der Waals surface area contributed by atoms with Gasteiger partial charge in [-0.25, -0.2) is 0 Å². The highest BCUT2D eigenvalue weighted by molar-refractivity contribution is 6.18. The first-order valence-corrected chi connectivity index (χ1v) is 5.54. The zero-order valence-electron chi connectivity index (χ0n) is 9.33. The van der Waals surface area contributed by atoms with Crippen molar-refractivity contribution in [3.8, 4) is 0 Å². The van der Waals surface area contributed by atoms with Crippen LogP contribution in [0.3, 0.4) is 0 Å². The molecular weight excluding hydrogens is 242 g/mol. The maximum absolute atomic E-state index is 5.87. The van der Waals surface area contributed by atoms with Crippen LogP contribution >= 0.6 is 35.6 Å². The lowest BCUT2D eigenvalue weighted by molar-refractivity contribution is 0.222. The highest BCUT2D eigenvalue weighted by Crippen LogP contribution is 2.10. The Hall–Kier alpha value is 0.790. The number of rotatable bonds is 6. The molecule has 2 unspecified atom stereocenters. The summed E-state index contributed by atoms with van der Waals surface area (Å²) in [6.45, 7) is 0. The summed E-state index contributed by atoms with van der Waals surface area (Å²) in [7, 11) is 8.20. The third-order valence-corrected chi connectivity index (χ3v) is 3.07. The predicted octanol–water partition coefficient (Wildman–Crippen LogP) is 2.14. The summed E-state index contributed by atoms with van der Waals surface area (Å²) in [5, 5.41) is 0. The van der Waals surface area contributed by atoms with Crippen molar-refractivity contribution in [2.24, 2.45) is 0 Å². The fourth-order valence-electron chi connectivity index (χ4n) is 1.14. The Morgan fingerprint density at radius 2 is 1.14 bits per heavy atom. The highest BCUT2D eigenvalue weighted by atomic mass is 35.5. The summed E-state index contributed by atoms with van der Waals surface area (Å²) in [5.41, 5.74) is 0. The van der Waals surface area contributed by atoms with Crippen LogP contribution in [0.15, 0.2) is 0 Å². The van der Waals surface area contributed by atoms with Crippen LogP contribution in [0.25, 0.3) is 0 Å². The van der Waals surface area contributed by atoms with E-state index in [2.05, 4.69) is 9.80 Å². The molecule has 0 spiro atoms. The quantitative estimate of drug-likeness (QED) is 0.678. The molecule has 0 aromatic heterocycles. The van der Waals surface area contributed by atoms with E-state index in [0.717, 1.165) is 6.42 Å². The largest absolute Gasteiger partial charge is 0.305 e. The van der Waals surface area contributed by atoms with E-state index in [-0.39, 0.29) is 12.4 Å². The topological polar surface area (TPSA) is 6.48 Å². The molecule has 0 rings (SSSR count). The van der Waals surface area contributed by atoms with Crippen LogP contribution in [-0.2, 0) is 0 Å². The lowest BCUT2D eigenvalue weighted by Gasteiger charge is -2.29. The molecule has 0 fully saturated rings. The van der Waals surface area contributed by atoms with E-state index >= 15 is 0 Å². The average Bonchev–Trinajstić information content (AvgIpc) is 2.05. The van der Waals surface area contributed by atoms with Gasteiger partial charge in [0.1, 0.15) is 0 Å². The number of alkyl halides is 2. The van der Waals surface area contributed by atoms with Crippen LogP contribution in [0.2, 0.25) is 0 Å². The van der Waals surface area contributed by atoms with Crippen molar-refractivity contribution in [3.63, 3.8) is 0 Å². The van der Waals surface area contributed by atoms with Crippen molar-refractivity contribution >= 4 is 35.6 Å². The Balaban J connectivity index is 0. The first kappa shape index (κ1) is 17.2. The predicted molar refractivity (Wildman–Crippen MR) is 68.3 cm³/mol. The SMILES string of the molecule is CN(C)C(CCl)CC(CCl)N(C)C.Cl. The van der Waals surface area contributed by atoms with Gasteiger partial charge in [-0.05, 0) is 34.6 Å². The highest BCUT2D eigenvalue weighted by Gasteiger charge is 2.18. The molecule has 0 bridgehead atoms. The van der Waals surface area contributed by atoms with E-state index in [1.807, 2.05) is 28.2 Å². The van der Waals surface area contributed by atoms with Crippen molar-refractivity contribution in [2.45, 2.75) is 18.5 Å². The molecular formula is C9H21Cl3N2. The fraction of sp³-hybridized carbons (Fsp3) is 1.00. The minimum absolute atomic E-state index is 0. The molecule has 0 heterocycles. The minimum Gasteiger partial charge on any atom is -0.305 e. The summed E-state index contributed by atoms with van der Waals surface area (Å²) in [6, 6.07) is 0.820. The Labute approximate surface area is 104 Å². The molecule has 2 nitrogen and oxygen atoms in total. The van der Waals surface area contributed by atoms with Gasteiger partial charge in [0, 0.05) is 23.8 Å². The molecule has 0 aliphatic carbocycles. The molecule has 14 heavy (non-hydrogen) atoms. The second-order valence-electron chi connectivity index (χ2n) is 3.78. The van der Waals surface area contributed by atoms with Crippen LogP contribution in [0.1, 0.15) is 6.42 Å². The Kier molecular flexibility index (Phi) is 11.1. The van der Waals surface area contributed by atoms with E-state index in [4.69, 9.17) is 23.2 Å². The van der Waals surface area contributed by atoms with Gasteiger partial charge < -0.3 is 9.80 Å². The molecule has 0 aliphatic heterocycles. The molecule has 0 aromatic carbocycles. The van der Waals surface area contributed by atoms with Crippen LogP contribution in [-0.4, -0.2) is 61.8 Å². The zero-order chi connectivity index (χ0) is 10.4. The van der Waals surface area contributed by atoms with Crippen LogP contribution in [0.4, 0.5) is 0 Å². The zero-order valence-corrected chi connectivity index (χ0v) is 11.7. The second-order valence-corrected chi connectivity index (χ2v) is 4.40. The van der Waals surface area contributed by atoms with Crippen molar-refractivity contribution in [3.05, 3.63) is 0 Å². The molecule has 0 N–H and O–H groups in total. The Morgan fingerprint density at radius 1 is 0.857 bits per heavy atom. The van der Waals surface area contributed by atoms with Crippen molar-refractivity contribution in [2.75, 3.05) is 40.0 Å². The van der Waals surface area contributed by atoms with Gasteiger partial charge in [0.2, 0.25) is 0 Å². The van der Waals surface area contributed by atoms with Crippen molar-refractivity contribution < 1.29 is 0 Å². The second kappa shape index (κ2) is 9.05. The monoisotopic (exact) mass is 262 g/mol. The summed E-state index contributed by atoms with van der Waals surface area (Å²) in [4.78, 5) is 4.30. The summed E-state index contributed by atoms with van der Waals surface area (Å²) >= 11 is 11.7. The summed E-state index contributed by atoms with van der Waals surface area (Å²) in [5.74, 6) is 1.32. The smallest absolute Gasteiger partial charge is 0.0380 e. The van der Waals surface area contributed by atoms with Crippen molar-refractivity contribution in [1.29, 1.82) is 0 Å². The normalized spacial score (nSPS) is 15.4. The first-order chi connectivity index (χ1) is 6.02. The van der Waals surface area contributed by atoms with E-state index in [0.29, 0.717) is 23.8 Å². The van der Waals surface area contributed by atoms with Gasteiger partial charge in [0.05, 0.1) is 0 Å². The van der Waals surface area contributed by atoms with Crippen LogP contribution < -0.4 is 0 Å². The molecule has 5 heteroatoms. The number of nitrogens with zero attached hydrogens (tertiary/aromatic N) is 2. The number of halogens is 3. The molecule has 0 saturated heterocycles. The van der Waals surface area contributed by atoms with Crippen LogP contribution in [0, 0.1) is 0 Å². The summed E-state index contributed by atoms with van der Waals surface area (Å²) < 4.78 is 0. The lowest BCUT2D eigenvalue weighted by atomic mass is 10.1. The average molecular weight is 264 g/mol. The van der Waals surface area contributed by atoms with E-state index in [1.54, 1.807) is 0 Å². The third kappa shape index (κ3) is 6.31. The summed E-state index contributed by atoms with van der Waals surface area (Å²) in [6.07, 6.45) is 1.02. The van der Waals surface area contributed by atoms with Crippen molar-refractivity contribution in [1.82, 2.24) is 9.80 Å². The van der Waals surface area contributed by atoms with E-state index in [9.17, 15) is 0 Å². The molecule has 0 radical (unpaired) electrons. The minimum atomic E-state index is 0. The van der Waals surface area contributed by atoms with Gasteiger partial charge in [-0.2, -0.15) is 0 Å². The van der Waals surface area contributed by atoms with Gasteiger partial charge in [-0.1, -0.05) is 0 Å². The third-order valence-electron chi connectivity index (χ3n) is 2.36. The lowest BCUT2D eigenvalue weighted by Crippen LogP contribution is -2.39. The molecule has 0 amide bonds. The maximum Gasteiger partial charge on any atom is 0.0380 e. The molecule has 0 saturated carbocycles. The number of hydrogen-bond donors (Lipinski definition) is 0. The van der Waals surface area contributed by atoms with Gasteiger partial charge in [-0.15, -0.1) is 35.6 Å². The van der Waals surface area contributed by atoms with E-state index in [1.165, 1.54) is 0 Å². The fourth-order valence-corrected chi connectivity index (χ4v) is 1.94. The molecule has 88 valence electrons. The standard InChI is InChI=1S/C9H20Cl2N2.ClH/c1-12(2)8(6-10)5-9(7-11)13(3)4;/h8-9H,5-7H2,1-4H3;1H. The maximum atomic E-state index is 5.87. The molecule has 2 atom stereocenters. The van der Waals surface area contributed by atoms with Gasteiger partial charge >= 0.3 is 0 Å². The number of hydrogen-bond acceptors (Lipinski definition) is 2. The molecule has 0 aromatic rings. The van der Waals surface area contributed by atoms with Crippen LogP contribution in [0.5, 0.6) is 0 Å². The van der Waals surface area contributed by atoms with Gasteiger partial charge in [0.15, 0.2) is 0 Å². The van der Waals surface area contributed by atoms with E-state index < -0.39 is 0 Å². The Morgan fingerprint density at radius 3 is 1.29 bits per heavy atom. The molecule has 0 aliphatic rings. The van der Waals surface area contributed by atoms with Gasteiger partial charge in [0.25, 0.3) is 0 Å². The Bertz CT molecular complexity index is 117. The van der Waals surface area contributed by atoms with Gasteiger partial charge in [-0.3, -0.25) is 0 Å². The first-order valence-electron chi connectivity index (χ1n) is 4.47.